The number of nitrogens with two attached hydrogens (primary N) is 2. The topological polar surface area (TPSA) is 123 Å². The summed E-state index contributed by atoms with van der Waals surface area (Å²) in [5, 5.41) is 8.57. The second-order valence-electron chi connectivity index (χ2n) is 4.07. The molecule has 0 saturated carbocycles. The van der Waals surface area contributed by atoms with Crippen molar-refractivity contribution in [3.63, 3.8) is 0 Å². The number of methoxy groups -OCH3 is 1. The van der Waals surface area contributed by atoms with Crippen molar-refractivity contribution in [2.75, 3.05) is 12.5 Å². The minimum atomic E-state index is -0.503. The third-order valence-electron chi connectivity index (χ3n) is 2.75. The largest absolute Gasteiger partial charge is 0.497 e. The van der Waals surface area contributed by atoms with Crippen molar-refractivity contribution in [3.05, 3.63) is 18.2 Å². The molecular formula is C11H13N7OS. The Kier molecular flexibility index (Phi) is 3.12. The van der Waals surface area contributed by atoms with E-state index in [1.165, 1.54) is 11.3 Å². The van der Waals surface area contributed by atoms with Crippen LogP contribution in [0.25, 0.3) is 10.2 Å². The first-order valence-corrected chi connectivity index (χ1v) is 6.62. The maximum atomic E-state index is 5.74. The molecule has 3 rings (SSSR count). The smallest absolute Gasteiger partial charge is 0.204 e. The molecule has 1 unspecified atom stereocenters. The lowest BCUT2D eigenvalue weighted by Gasteiger charge is -2.03. The van der Waals surface area contributed by atoms with E-state index in [1.54, 1.807) is 7.11 Å². The quantitative estimate of drug-likeness (QED) is 0.600. The minimum absolute atomic E-state index is 0.271. The van der Waals surface area contributed by atoms with Crippen molar-refractivity contribution in [2.24, 2.45) is 21.7 Å². The molecule has 1 aromatic heterocycles. The summed E-state index contributed by atoms with van der Waals surface area (Å²) in [5.41, 5.74) is 18.2. The fourth-order valence-electron chi connectivity index (χ4n) is 1.73. The summed E-state index contributed by atoms with van der Waals surface area (Å²) in [6.45, 7) is 0. The maximum absolute atomic E-state index is 5.74. The first-order chi connectivity index (χ1) is 9.67. The van der Waals surface area contributed by atoms with Gasteiger partial charge in [0.1, 0.15) is 17.6 Å². The molecule has 2 aromatic rings. The van der Waals surface area contributed by atoms with Crippen LogP contribution in [0.2, 0.25) is 0 Å². The van der Waals surface area contributed by atoms with E-state index in [9.17, 15) is 0 Å². The number of amidine groups is 1. The zero-order chi connectivity index (χ0) is 14.1. The number of benzene rings is 1. The van der Waals surface area contributed by atoms with E-state index in [0.29, 0.717) is 10.8 Å². The van der Waals surface area contributed by atoms with E-state index in [0.717, 1.165) is 16.0 Å². The zero-order valence-corrected chi connectivity index (χ0v) is 11.4. The van der Waals surface area contributed by atoms with Crippen LogP contribution >= 0.6 is 11.3 Å². The Bertz CT molecular complexity index is 708. The molecule has 2 heterocycles. The number of hydrazone groups is 2. The van der Waals surface area contributed by atoms with Gasteiger partial charge >= 0.3 is 0 Å². The number of rotatable bonds is 3. The number of anilines is 1. The highest BCUT2D eigenvalue weighted by Crippen LogP contribution is 2.29. The van der Waals surface area contributed by atoms with Crippen LogP contribution in [0, 0.1) is 0 Å². The summed E-state index contributed by atoms with van der Waals surface area (Å²) in [5.74, 6) is 1.06. The van der Waals surface area contributed by atoms with Crippen molar-refractivity contribution >= 4 is 38.2 Å². The molecule has 0 spiro atoms. The molecule has 1 atom stereocenters. The second kappa shape index (κ2) is 4.94. The molecule has 0 radical (unpaired) electrons. The number of thiazole rings is 1. The molecule has 0 fully saturated rings. The lowest BCUT2D eigenvalue weighted by atomic mass is 10.3. The van der Waals surface area contributed by atoms with Gasteiger partial charge in [0.15, 0.2) is 5.84 Å². The number of aromatic nitrogens is 1. The fourth-order valence-corrected chi connectivity index (χ4v) is 2.57. The Morgan fingerprint density at radius 3 is 3.05 bits per heavy atom. The number of hydrogen-bond acceptors (Lipinski definition) is 9. The molecule has 8 nitrogen and oxygen atoms in total. The normalized spacial score (nSPS) is 20.0. The predicted octanol–water partition coefficient (Wildman–Crippen LogP) is 0.233. The summed E-state index contributed by atoms with van der Waals surface area (Å²) in [6, 6.07) is 5.67. The van der Waals surface area contributed by atoms with Crippen LogP contribution in [-0.4, -0.2) is 29.8 Å². The molecule has 0 saturated heterocycles. The molecule has 6 N–H and O–H groups in total. The van der Waals surface area contributed by atoms with Gasteiger partial charge in [0.25, 0.3) is 0 Å². The Labute approximate surface area is 118 Å². The molecule has 0 bridgehead atoms. The Morgan fingerprint density at radius 1 is 1.50 bits per heavy atom. The van der Waals surface area contributed by atoms with Gasteiger partial charge in [-0.05, 0) is 18.2 Å². The first-order valence-electron chi connectivity index (χ1n) is 5.80. The number of nitrogens with one attached hydrogen (secondary N) is 2. The standard InChI is InChI=1S/C11H13N7OS/c1-19-5-2-3-6-7(4-5)20-11(14-6)18-15-8-9(12)16-17-10(8)13/h2-4,9,16H,12H2,1H3,(H2,13,17)(H,14,18)/b15-8+. The van der Waals surface area contributed by atoms with Crippen molar-refractivity contribution in [1.82, 2.24) is 10.4 Å². The molecule has 0 aliphatic carbocycles. The van der Waals surface area contributed by atoms with Crippen molar-refractivity contribution in [1.29, 1.82) is 0 Å². The molecule has 1 aromatic carbocycles. The van der Waals surface area contributed by atoms with Gasteiger partial charge in [0, 0.05) is 0 Å². The van der Waals surface area contributed by atoms with Crippen molar-refractivity contribution < 1.29 is 4.74 Å². The van der Waals surface area contributed by atoms with Crippen LogP contribution < -0.4 is 27.1 Å². The van der Waals surface area contributed by atoms with Crippen LogP contribution in [0.3, 0.4) is 0 Å². The molecule has 20 heavy (non-hydrogen) atoms. The van der Waals surface area contributed by atoms with Gasteiger partial charge in [0.2, 0.25) is 5.13 Å². The molecule has 104 valence electrons. The number of nitrogens with zero attached hydrogens (tertiary/aromatic N) is 3. The highest BCUT2D eigenvalue weighted by atomic mass is 32.1. The maximum Gasteiger partial charge on any atom is 0.204 e. The van der Waals surface area contributed by atoms with Gasteiger partial charge in [0.05, 0.1) is 17.3 Å². The summed E-state index contributed by atoms with van der Waals surface area (Å²) in [7, 11) is 1.63. The second-order valence-corrected chi connectivity index (χ2v) is 5.10. The van der Waals surface area contributed by atoms with Gasteiger partial charge in [-0.1, -0.05) is 11.3 Å². The first kappa shape index (κ1) is 12.6. The average molecular weight is 291 g/mol. The van der Waals surface area contributed by atoms with Crippen LogP contribution in [0.5, 0.6) is 5.75 Å². The van der Waals surface area contributed by atoms with Gasteiger partial charge < -0.3 is 16.2 Å². The molecule has 1 aliphatic heterocycles. The zero-order valence-electron chi connectivity index (χ0n) is 10.6. The Balaban J connectivity index is 1.84. The SMILES string of the molecule is COc1ccc2nc(N/N=C3/C(N)=NNC3N)sc2c1. The number of ether oxygens (including phenoxy) is 1. The highest BCUT2D eigenvalue weighted by molar-refractivity contribution is 7.22. The van der Waals surface area contributed by atoms with Gasteiger partial charge in [-0.25, -0.2) is 4.98 Å². The minimum Gasteiger partial charge on any atom is -0.497 e. The van der Waals surface area contributed by atoms with E-state index in [1.807, 2.05) is 18.2 Å². The molecule has 0 amide bonds. The summed E-state index contributed by atoms with van der Waals surface area (Å²) < 4.78 is 6.18. The van der Waals surface area contributed by atoms with E-state index in [-0.39, 0.29) is 5.84 Å². The predicted molar refractivity (Wildman–Crippen MR) is 80.0 cm³/mol. The molecule has 1 aliphatic rings. The average Bonchev–Trinajstić information content (AvgIpc) is 2.99. The third-order valence-corrected chi connectivity index (χ3v) is 3.67. The number of fused-ring (bicyclic) bond motifs is 1. The lowest BCUT2D eigenvalue weighted by molar-refractivity contribution is 0.415. The highest BCUT2D eigenvalue weighted by Gasteiger charge is 2.21. The molecule has 9 heteroatoms. The lowest BCUT2D eigenvalue weighted by Crippen LogP contribution is -2.40. The van der Waals surface area contributed by atoms with Crippen LogP contribution in [0.15, 0.2) is 28.4 Å². The fraction of sp³-hybridized carbons (Fsp3) is 0.182. The van der Waals surface area contributed by atoms with E-state index in [2.05, 4.69) is 26.0 Å². The van der Waals surface area contributed by atoms with Crippen LogP contribution in [0.1, 0.15) is 0 Å². The van der Waals surface area contributed by atoms with Gasteiger partial charge in [-0.3, -0.25) is 10.9 Å². The monoisotopic (exact) mass is 291 g/mol. The number of hydrogen-bond donors (Lipinski definition) is 4. The Morgan fingerprint density at radius 2 is 2.35 bits per heavy atom. The van der Waals surface area contributed by atoms with Gasteiger partial charge in [-0.2, -0.15) is 10.2 Å². The van der Waals surface area contributed by atoms with E-state index in [4.69, 9.17) is 16.2 Å². The summed E-state index contributed by atoms with van der Waals surface area (Å²) in [6.07, 6.45) is -0.503. The van der Waals surface area contributed by atoms with Crippen molar-refractivity contribution in [2.45, 2.75) is 6.17 Å². The Hall–Kier alpha value is -2.39. The van der Waals surface area contributed by atoms with E-state index >= 15 is 0 Å². The summed E-state index contributed by atoms with van der Waals surface area (Å²) >= 11 is 1.46. The van der Waals surface area contributed by atoms with E-state index < -0.39 is 6.17 Å². The van der Waals surface area contributed by atoms with Crippen LogP contribution in [-0.2, 0) is 0 Å². The summed E-state index contributed by atoms with van der Waals surface area (Å²) in [4.78, 5) is 4.40. The third kappa shape index (κ3) is 2.24. The van der Waals surface area contributed by atoms with Crippen molar-refractivity contribution in [3.8, 4) is 5.75 Å². The van der Waals surface area contributed by atoms with Crippen LogP contribution in [0.4, 0.5) is 5.13 Å². The van der Waals surface area contributed by atoms with Gasteiger partial charge in [-0.15, -0.1) is 0 Å². The molecular weight excluding hydrogens is 278 g/mol.